The molecule has 0 aliphatic heterocycles. The van der Waals surface area contributed by atoms with Crippen molar-refractivity contribution < 1.29 is 52.7 Å². The normalized spacial score (nSPS) is 15.7. The second kappa shape index (κ2) is 14.6. The molecule has 27 heavy (non-hydrogen) atoms. The molecule has 0 aromatic heterocycles. The summed E-state index contributed by atoms with van der Waals surface area (Å²) in [6, 6.07) is 0. The highest BCUT2D eigenvalue weighted by molar-refractivity contribution is 5.81. The second-order valence-electron chi connectivity index (χ2n) is 5.10. The maximum absolute atomic E-state index is 12.2. The molecular formula is C15H28F3NO8. The topological polar surface area (TPSA) is 146 Å². The Morgan fingerprint density at radius 1 is 1.15 bits per heavy atom. The number of ether oxygens (including phenoxy) is 2. The molecule has 0 rings (SSSR count). The number of aliphatic hydroxyl groups excluding tert-OH is 3. The summed E-state index contributed by atoms with van der Waals surface area (Å²) in [4.78, 5) is 21.2. The standard InChI is InChI=1S/C13H22F3NO8.C2H6/c1-7(19)8(6-18)25-11(24-5-3-2-4-9(20)21)10(22)17-12(23)13(14,15)16;1-2/h7-8,10-11,18-19,22H,2-6H2,1H3,(H,17,23)(H,20,21);1-2H3. The third-order valence-electron chi connectivity index (χ3n) is 2.89. The van der Waals surface area contributed by atoms with Crippen molar-refractivity contribution in [2.24, 2.45) is 0 Å². The Kier molecular flexibility index (Phi) is 15.0. The molecule has 0 bridgehead atoms. The maximum Gasteiger partial charge on any atom is 0.471 e. The molecule has 4 atom stereocenters. The first kappa shape index (κ1) is 27.7. The molecule has 0 heterocycles. The van der Waals surface area contributed by atoms with Crippen molar-refractivity contribution in [1.29, 1.82) is 0 Å². The van der Waals surface area contributed by atoms with Gasteiger partial charge in [0.1, 0.15) is 6.10 Å². The maximum atomic E-state index is 12.2. The van der Waals surface area contributed by atoms with E-state index in [2.05, 4.69) is 0 Å². The molecule has 0 saturated carbocycles. The van der Waals surface area contributed by atoms with Gasteiger partial charge < -0.3 is 35.2 Å². The lowest BCUT2D eigenvalue weighted by atomic mass is 10.2. The minimum absolute atomic E-state index is 0.158. The van der Waals surface area contributed by atoms with Gasteiger partial charge in [0.05, 0.1) is 12.7 Å². The van der Waals surface area contributed by atoms with Gasteiger partial charge in [-0.2, -0.15) is 13.2 Å². The highest BCUT2D eigenvalue weighted by Gasteiger charge is 2.41. The molecule has 5 N–H and O–H groups in total. The van der Waals surface area contributed by atoms with E-state index in [0.29, 0.717) is 0 Å². The Hall–Kier alpha value is -1.47. The average molecular weight is 407 g/mol. The third kappa shape index (κ3) is 13.4. The first-order chi connectivity index (χ1) is 12.5. The molecule has 0 aliphatic rings. The molecule has 4 unspecified atom stereocenters. The molecule has 1 amide bonds. The van der Waals surface area contributed by atoms with Gasteiger partial charge in [0, 0.05) is 13.0 Å². The molecule has 0 aliphatic carbocycles. The van der Waals surface area contributed by atoms with Crippen LogP contribution in [0.25, 0.3) is 0 Å². The number of amides is 1. The second-order valence-corrected chi connectivity index (χ2v) is 5.10. The molecule has 0 aromatic rings. The smallest absolute Gasteiger partial charge is 0.471 e. The summed E-state index contributed by atoms with van der Waals surface area (Å²) in [6.07, 6.45) is -11.6. The van der Waals surface area contributed by atoms with Crippen molar-refractivity contribution in [2.45, 2.75) is 70.9 Å². The molecule has 0 aromatic carbocycles. The summed E-state index contributed by atoms with van der Waals surface area (Å²) < 4.78 is 46.7. The van der Waals surface area contributed by atoms with Crippen LogP contribution in [0.3, 0.4) is 0 Å². The fourth-order valence-electron chi connectivity index (χ4n) is 1.55. The number of carboxylic acids is 1. The average Bonchev–Trinajstić information content (AvgIpc) is 2.57. The Bertz CT molecular complexity index is 420. The van der Waals surface area contributed by atoms with E-state index in [9.17, 15) is 33.0 Å². The Morgan fingerprint density at radius 2 is 1.70 bits per heavy atom. The summed E-state index contributed by atoms with van der Waals surface area (Å²) >= 11 is 0. The minimum Gasteiger partial charge on any atom is -0.481 e. The molecule has 9 nitrogen and oxygen atoms in total. The SMILES string of the molecule is CC.CC(O)C(CO)OC(OCCCCC(=O)O)C(O)NC(=O)C(F)(F)F. The fourth-order valence-corrected chi connectivity index (χ4v) is 1.55. The van der Waals surface area contributed by atoms with Gasteiger partial charge in [-0.05, 0) is 19.8 Å². The van der Waals surface area contributed by atoms with Gasteiger partial charge in [-0.25, -0.2) is 0 Å². The third-order valence-corrected chi connectivity index (χ3v) is 2.89. The summed E-state index contributed by atoms with van der Waals surface area (Å²) in [7, 11) is 0. The Morgan fingerprint density at radius 3 is 2.11 bits per heavy atom. The number of nitrogens with one attached hydrogen (secondary N) is 1. The summed E-state index contributed by atoms with van der Waals surface area (Å²) in [5, 5.41) is 37.8. The molecule has 0 saturated heterocycles. The van der Waals surface area contributed by atoms with Gasteiger partial charge in [-0.3, -0.25) is 9.59 Å². The number of halogens is 3. The van der Waals surface area contributed by atoms with Crippen LogP contribution in [0.15, 0.2) is 0 Å². The number of alkyl halides is 3. The van der Waals surface area contributed by atoms with Gasteiger partial charge in [-0.1, -0.05) is 13.8 Å². The molecule has 0 spiro atoms. The fraction of sp³-hybridized carbons (Fsp3) is 0.867. The van der Waals surface area contributed by atoms with E-state index in [4.69, 9.17) is 19.7 Å². The van der Waals surface area contributed by atoms with Gasteiger partial charge in [0.25, 0.3) is 0 Å². The first-order valence-electron chi connectivity index (χ1n) is 8.32. The van der Waals surface area contributed by atoms with E-state index in [-0.39, 0.29) is 25.9 Å². The van der Waals surface area contributed by atoms with Crippen LogP contribution in [0.1, 0.15) is 40.0 Å². The minimum atomic E-state index is -5.24. The van der Waals surface area contributed by atoms with Crippen LogP contribution in [-0.2, 0) is 19.1 Å². The molecule has 0 fully saturated rings. The predicted molar refractivity (Wildman–Crippen MR) is 86.4 cm³/mol. The Labute approximate surface area is 155 Å². The van der Waals surface area contributed by atoms with Crippen LogP contribution in [0.2, 0.25) is 0 Å². The van der Waals surface area contributed by atoms with Crippen LogP contribution in [-0.4, -0.2) is 76.4 Å². The molecule has 0 radical (unpaired) electrons. The van der Waals surface area contributed by atoms with Crippen molar-refractivity contribution >= 4 is 11.9 Å². The number of hydrogen-bond donors (Lipinski definition) is 5. The lowest BCUT2D eigenvalue weighted by Gasteiger charge is -2.29. The summed E-state index contributed by atoms with van der Waals surface area (Å²) in [5.41, 5.74) is 0. The summed E-state index contributed by atoms with van der Waals surface area (Å²) in [5.74, 6) is -3.47. The number of aliphatic carboxylic acids is 1. The van der Waals surface area contributed by atoms with E-state index in [1.54, 1.807) is 0 Å². The largest absolute Gasteiger partial charge is 0.481 e. The van der Waals surface area contributed by atoms with E-state index in [1.807, 2.05) is 13.8 Å². The highest BCUT2D eigenvalue weighted by atomic mass is 19.4. The monoisotopic (exact) mass is 407 g/mol. The molecular weight excluding hydrogens is 379 g/mol. The lowest BCUT2D eigenvalue weighted by molar-refractivity contribution is -0.243. The van der Waals surface area contributed by atoms with Crippen LogP contribution >= 0.6 is 0 Å². The van der Waals surface area contributed by atoms with Crippen molar-refractivity contribution in [1.82, 2.24) is 5.32 Å². The van der Waals surface area contributed by atoms with Crippen molar-refractivity contribution in [2.75, 3.05) is 13.2 Å². The number of carbonyl (C=O) groups is 2. The van der Waals surface area contributed by atoms with E-state index < -0.39 is 49.4 Å². The van der Waals surface area contributed by atoms with E-state index >= 15 is 0 Å². The van der Waals surface area contributed by atoms with Crippen LogP contribution in [0, 0.1) is 0 Å². The number of carboxylic acid groups (broad SMARTS) is 1. The van der Waals surface area contributed by atoms with Crippen LogP contribution in [0.4, 0.5) is 13.2 Å². The van der Waals surface area contributed by atoms with Crippen molar-refractivity contribution in [3.8, 4) is 0 Å². The zero-order valence-corrected chi connectivity index (χ0v) is 15.4. The molecule has 12 heteroatoms. The van der Waals surface area contributed by atoms with Crippen molar-refractivity contribution in [3.05, 3.63) is 0 Å². The zero-order valence-electron chi connectivity index (χ0n) is 15.4. The highest BCUT2D eigenvalue weighted by Crippen LogP contribution is 2.16. The van der Waals surface area contributed by atoms with Crippen LogP contribution in [0.5, 0.6) is 0 Å². The summed E-state index contributed by atoms with van der Waals surface area (Å²) in [6.45, 7) is 4.30. The number of hydrogen-bond acceptors (Lipinski definition) is 7. The van der Waals surface area contributed by atoms with E-state index in [1.165, 1.54) is 12.2 Å². The lowest BCUT2D eigenvalue weighted by Crippen LogP contribution is -2.52. The van der Waals surface area contributed by atoms with Gasteiger partial charge in [-0.15, -0.1) is 0 Å². The molecule has 162 valence electrons. The number of carbonyl (C=O) groups excluding carboxylic acids is 1. The predicted octanol–water partition coefficient (Wildman–Crippen LogP) is 0.365. The number of rotatable bonds is 12. The van der Waals surface area contributed by atoms with Gasteiger partial charge in [0.2, 0.25) is 6.29 Å². The Balaban J connectivity index is 0. The van der Waals surface area contributed by atoms with Gasteiger partial charge in [0.15, 0.2) is 6.23 Å². The number of unbranched alkanes of at least 4 members (excludes halogenated alkanes) is 1. The number of aliphatic hydroxyl groups is 3. The first-order valence-corrected chi connectivity index (χ1v) is 8.32. The quantitative estimate of drug-likeness (QED) is 0.230. The zero-order chi connectivity index (χ0) is 21.6. The van der Waals surface area contributed by atoms with Crippen LogP contribution < -0.4 is 5.32 Å². The van der Waals surface area contributed by atoms with Crippen molar-refractivity contribution in [3.63, 3.8) is 0 Å². The van der Waals surface area contributed by atoms with Gasteiger partial charge >= 0.3 is 18.1 Å². The van der Waals surface area contributed by atoms with E-state index in [0.717, 1.165) is 0 Å².